The topological polar surface area (TPSA) is 138 Å². The first-order valence-electron chi connectivity index (χ1n) is 11.5. The third kappa shape index (κ3) is 4.87. The number of pyridine rings is 1. The van der Waals surface area contributed by atoms with Crippen LogP contribution in [0.4, 0.5) is 15.9 Å². The number of nitrogens with two attached hydrogens (primary N) is 1. The highest BCUT2D eigenvalue weighted by atomic mass is 127. The van der Waals surface area contributed by atoms with Crippen LogP contribution in [0.3, 0.4) is 0 Å². The highest BCUT2D eigenvalue weighted by Gasteiger charge is 2.32. The van der Waals surface area contributed by atoms with Crippen LogP contribution in [0.5, 0.6) is 0 Å². The summed E-state index contributed by atoms with van der Waals surface area (Å²) in [6.45, 7) is 3.89. The number of rotatable bonds is 6. The predicted octanol–water partition coefficient (Wildman–Crippen LogP) is 3.73. The number of fused-ring (bicyclic) bond motifs is 1. The first kappa shape index (κ1) is 27.7. The number of primary sulfonamides is 1. The summed E-state index contributed by atoms with van der Waals surface area (Å²) in [7, 11) is -2.72. The van der Waals surface area contributed by atoms with E-state index in [9.17, 15) is 27.2 Å². The van der Waals surface area contributed by atoms with Gasteiger partial charge in [-0.2, -0.15) is 0 Å². The number of nitrogens with zero attached hydrogens (tertiary/aromatic N) is 3. The summed E-state index contributed by atoms with van der Waals surface area (Å²) < 4.78 is 43.4. The second-order valence-electron chi connectivity index (χ2n) is 9.03. The highest BCUT2D eigenvalue weighted by Crippen LogP contribution is 2.35. The highest BCUT2D eigenvalue weighted by molar-refractivity contribution is 14.1. The molecule has 2 heterocycles. The van der Waals surface area contributed by atoms with E-state index in [2.05, 4.69) is 11.9 Å². The van der Waals surface area contributed by atoms with Gasteiger partial charge in [0.2, 0.25) is 10.0 Å². The second-order valence-corrected chi connectivity index (χ2v) is 13.1. The molecule has 1 fully saturated rings. The maximum atomic E-state index is 14.9. The molecule has 0 unspecified atom stereocenters. The number of aromatic nitrogens is 3. The van der Waals surface area contributed by atoms with Crippen molar-refractivity contribution in [2.75, 3.05) is 5.32 Å². The molecule has 1 aliphatic rings. The van der Waals surface area contributed by atoms with Gasteiger partial charge in [-0.3, -0.25) is 23.3 Å². The molecule has 202 valence electrons. The largest absolute Gasteiger partial charge is 0.338 e. The van der Waals surface area contributed by atoms with Crippen LogP contribution >= 0.6 is 45.2 Å². The molecule has 0 amide bonds. The number of benzene rings is 2. The van der Waals surface area contributed by atoms with Crippen LogP contribution in [0, 0.1) is 9.39 Å². The Balaban J connectivity index is 2.01. The predicted molar refractivity (Wildman–Crippen MR) is 164 cm³/mol. The zero-order chi connectivity index (χ0) is 28.4. The summed E-state index contributed by atoms with van der Waals surface area (Å²) in [5.41, 5.74) is -2.04. The average Bonchev–Trinajstić information content (AvgIpc) is 3.68. The monoisotopic (exact) mass is 775 g/mol. The zero-order valence-electron chi connectivity index (χ0n) is 20.2. The summed E-state index contributed by atoms with van der Waals surface area (Å²) in [6, 6.07) is 9.39. The number of nitrogens with one attached hydrogen (secondary N) is 1. The van der Waals surface area contributed by atoms with Crippen LogP contribution in [0.25, 0.3) is 20.2 Å². The lowest BCUT2D eigenvalue weighted by Crippen LogP contribution is -2.41. The lowest BCUT2D eigenvalue weighted by atomic mass is 10.1. The van der Waals surface area contributed by atoms with E-state index in [1.54, 1.807) is 6.07 Å². The Morgan fingerprint density at radius 1 is 1.13 bits per heavy atom. The molecule has 1 aliphatic carbocycles. The molecule has 1 saturated carbocycles. The minimum atomic E-state index is -4.14. The molecule has 0 spiro atoms. The fraction of sp³-hybridized carbons (Fsp3) is 0.160. The SMILES string of the molecule is C=C(I)c1c(=O)n(C)c(Nc2ccc(I)cc2F)c2c(=O)n(C3CC3)c(=O)n(-c3cccc(S(N)(=O)=O)c3)c12. The van der Waals surface area contributed by atoms with E-state index in [1.807, 2.05) is 45.2 Å². The molecule has 39 heavy (non-hydrogen) atoms. The summed E-state index contributed by atoms with van der Waals surface area (Å²) in [4.78, 5) is 41.3. The van der Waals surface area contributed by atoms with Gasteiger partial charge in [-0.25, -0.2) is 22.7 Å². The van der Waals surface area contributed by atoms with Gasteiger partial charge in [0.25, 0.3) is 11.1 Å². The first-order chi connectivity index (χ1) is 18.3. The number of hydrogen-bond donors (Lipinski definition) is 2. The minimum Gasteiger partial charge on any atom is -0.338 e. The third-order valence-electron chi connectivity index (χ3n) is 6.39. The van der Waals surface area contributed by atoms with Crippen LogP contribution in [-0.4, -0.2) is 22.1 Å². The second kappa shape index (κ2) is 9.97. The molecule has 3 N–H and O–H groups in total. The van der Waals surface area contributed by atoms with Crippen LogP contribution in [0.15, 0.2) is 68.3 Å². The van der Waals surface area contributed by atoms with E-state index in [0.717, 1.165) is 9.13 Å². The molecule has 0 bridgehead atoms. The van der Waals surface area contributed by atoms with Crippen molar-refractivity contribution < 1.29 is 12.8 Å². The van der Waals surface area contributed by atoms with Crippen LogP contribution in [-0.2, 0) is 17.1 Å². The van der Waals surface area contributed by atoms with Crippen LogP contribution in [0.2, 0.25) is 0 Å². The Kier molecular flexibility index (Phi) is 7.09. The molecule has 0 saturated heterocycles. The van der Waals surface area contributed by atoms with Gasteiger partial charge in [-0.05, 0) is 94.4 Å². The van der Waals surface area contributed by atoms with Crippen LogP contribution in [0.1, 0.15) is 24.4 Å². The Bertz CT molecular complexity index is 2010. The molecule has 0 aliphatic heterocycles. The van der Waals surface area contributed by atoms with Gasteiger partial charge in [-0.15, -0.1) is 0 Å². The van der Waals surface area contributed by atoms with E-state index in [0.29, 0.717) is 16.4 Å². The van der Waals surface area contributed by atoms with E-state index in [1.165, 1.54) is 48.0 Å². The molecule has 2 aromatic heterocycles. The number of sulfonamides is 1. The quantitative estimate of drug-likeness (QED) is 0.287. The lowest BCUT2D eigenvalue weighted by Gasteiger charge is -2.21. The summed E-state index contributed by atoms with van der Waals surface area (Å²) in [6.07, 6.45) is 1.17. The molecular formula is C25H20FI2N5O5S. The minimum absolute atomic E-state index is 0.0131. The van der Waals surface area contributed by atoms with E-state index >= 15 is 0 Å². The van der Waals surface area contributed by atoms with Gasteiger partial charge < -0.3 is 5.32 Å². The number of anilines is 2. The van der Waals surface area contributed by atoms with Crippen molar-refractivity contribution in [2.45, 2.75) is 23.8 Å². The van der Waals surface area contributed by atoms with Gasteiger partial charge in [-0.1, -0.05) is 12.6 Å². The first-order valence-corrected chi connectivity index (χ1v) is 15.2. The van der Waals surface area contributed by atoms with Crippen molar-refractivity contribution in [3.8, 4) is 5.69 Å². The third-order valence-corrected chi connectivity index (χ3v) is 8.51. The standard InChI is InChI=1S/C25H20FI2N5O5S/c1-12(27)19-21-20(22(31(2)23(19)34)30-18-9-6-13(28)10-17(18)26)24(35)33(14-7-8-14)25(36)32(21)15-4-3-5-16(11-15)39(29,37)38/h3-6,9-11,14,30H,1,7-8H2,2H3,(H2,29,37,38). The van der Waals surface area contributed by atoms with Gasteiger partial charge in [0.1, 0.15) is 17.0 Å². The maximum absolute atomic E-state index is 14.9. The number of halogens is 3. The summed E-state index contributed by atoms with van der Waals surface area (Å²) in [5.74, 6) is -0.645. The van der Waals surface area contributed by atoms with Crippen molar-refractivity contribution in [3.63, 3.8) is 0 Å². The molecule has 5 rings (SSSR count). The van der Waals surface area contributed by atoms with Gasteiger partial charge in [0.15, 0.2) is 0 Å². The van der Waals surface area contributed by atoms with E-state index in [-0.39, 0.29) is 48.2 Å². The molecule has 0 atom stereocenters. The Morgan fingerprint density at radius 2 is 1.82 bits per heavy atom. The summed E-state index contributed by atoms with van der Waals surface area (Å²) in [5, 5.41) is 8.17. The van der Waals surface area contributed by atoms with Crippen molar-refractivity contribution in [3.05, 3.63) is 95.2 Å². The molecule has 0 radical (unpaired) electrons. The fourth-order valence-electron chi connectivity index (χ4n) is 4.42. The van der Waals surface area contributed by atoms with E-state index in [4.69, 9.17) is 5.14 Å². The molecule has 10 nitrogen and oxygen atoms in total. The lowest BCUT2D eigenvalue weighted by molar-refractivity contribution is 0.597. The Hall–Kier alpha value is -2.83. The molecule has 2 aromatic carbocycles. The fourth-order valence-corrected chi connectivity index (χ4v) is 5.91. The van der Waals surface area contributed by atoms with Gasteiger partial charge in [0, 0.05) is 20.2 Å². The van der Waals surface area contributed by atoms with Crippen molar-refractivity contribution in [1.29, 1.82) is 0 Å². The van der Waals surface area contributed by atoms with E-state index < -0.39 is 32.6 Å². The Morgan fingerprint density at radius 3 is 2.41 bits per heavy atom. The molecule has 4 aromatic rings. The van der Waals surface area contributed by atoms with Crippen molar-refractivity contribution >= 4 is 81.2 Å². The maximum Gasteiger partial charge on any atom is 0.336 e. The average molecular weight is 775 g/mol. The van der Waals surface area contributed by atoms with Gasteiger partial charge in [0.05, 0.1) is 27.4 Å². The normalized spacial score (nSPS) is 13.6. The summed E-state index contributed by atoms with van der Waals surface area (Å²) >= 11 is 3.79. The molecular weight excluding hydrogens is 755 g/mol. The Labute approximate surface area is 248 Å². The van der Waals surface area contributed by atoms with Crippen molar-refractivity contribution in [2.24, 2.45) is 12.2 Å². The smallest absolute Gasteiger partial charge is 0.336 e. The van der Waals surface area contributed by atoms with Crippen molar-refractivity contribution in [1.82, 2.24) is 13.7 Å². The molecule has 14 heteroatoms. The number of hydrogen-bond acceptors (Lipinski definition) is 6. The zero-order valence-corrected chi connectivity index (χ0v) is 25.4. The van der Waals surface area contributed by atoms with Crippen LogP contribution < -0.4 is 27.3 Å². The van der Waals surface area contributed by atoms with Gasteiger partial charge >= 0.3 is 5.69 Å².